The van der Waals surface area contributed by atoms with Crippen LogP contribution < -0.4 is 10.7 Å². The molecule has 0 spiro atoms. The van der Waals surface area contributed by atoms with E-state index < -0.39 is 6.04 Å². The highest BCUT2D eigenvalue weighted by Gasteiger charge is 2.11. The van der Waals surface area contributed by atoms with Gasteiger partial charge in [0.2, 0.25) is 0 Å². The summed E-state index contributed by atoms with van der Waals surface area (Å²) in [7, 11) is 0. The van der Waals surface area contributed by atoms with Crippen LogP contribution in [0.1, 0.15) is 18.1 Å². The molecule has 1 amide bonds. The van der Waals surface area contributed by atoms with E-state index >= 15 is 0 Å². The van der Waals surface area contributed by atoms with Crippen LogP contribution in [0, 0.1) is 6.92 Å². The maximum Gasteiger partial charge on any atom is 0.262 e. The summed E-state index contributed by atoms with van der Waals surface area (Å²) in [6, 6.07) is 14.0. The van der Waals surface area contributed by atoms with Gasteiger partial charge < -0.3 is 10.4 Å². The van der Waals surface area contributed by atoms with Gasteiger partial charge >= 0.3 is 0 Å². The van der Waals surface area contributed by atoms with Gasteiger partial charge in [-0.2, -0.15) is 5.10 Å². The second-order valence-corrected chi connectivity index (χ2v) is 5.06. The van der Waals surface area contributed by atoms with Gasteiger partial charge in [-0.25, -0.2) is 5.43 Å². The zero-order valence-electron chi connectivity index (χ0n) is 12.6. The molecule has 0 fully saturated rings. The van der Waals surface area contributed by atoms with Crippen molar-refractivity contribution in [3.8, 4) is 5.75 Å². The highest BCUT2D eigenvalue weighted by Crippen LogP contribution is 2.10. The monoisotopic (exact) mass is 297 g/mol. The minimum absolute atomic E-state index is 0.192. The highest BCUT2D eigenvalue weighted by atomic mass is 16.3. The van der Waals surface area contributed by atoms with Gasteiger partial charge in [0, 0.05) is 5.69 Å². The van der Waals surface area contributed by atoms with Gasteiger partial charge in [-0.1, -0.05) is 17.7 Å². The fraction of sp³-hybridized carbons (Fsp3) is 0.176. The molecule has 3 N–H and O–H groups in total. The molecule has 5 nitrogen and oxygen atoms in total. The van der Waals surface area contributed by atoms with Crippen LogP contribution in [0.15, 0.2) is 53.6 Å². The zero-order chi connectivity index (χ0) is 15.9. The minimum atomic E-state index is -0.403. The number of nitrogens with one attached hydrogen (secondary N) is 2. The molecule has 2 aromatic carbocycles. The van der Waals surface area contributed by atoms with Gasteiger partial charge in [-0.15, -0.1) is 0 Å². The van der Waals surface area contributed by atoms with Gasteiger partial charge in [0.1, 0.15) is 11.8 Å². The Hall–Kier alpha value is -2.82. The maximum atomic E-state index is 11.9. The van der Waals surface area contributed by atoms with Crippen molar-refractivity contribution >= 4 is 17.8 Å². The van der Waals surface area contributed by atoms with Crippen molar-refractivity contribution < 1.29 is 9.90 Å². The number of hydrogen-bond donors (Lipinski definition) is 3. The smallest absolute Gasteiger partial charge is 0.262 e. The van der Waals surface area contributed by atoms with Crippen LogP contribution >= 0.6 is 0 Å². The molecular formula is C17H19N3O2. The standard InChI is InChI=1S/C17H19N3O2/c1-12-3-7-15(8-4-12)19-13(2)17(22)20-18-11-14-5-9-16(21)10-6-14/h3-11,13,19,21H,1-2H3,(H,20,22)/t13-/m0/s1. The van der Waals surface area contributed by atoms with E-state index in [1.165, 1.54) is 11.8 Å². The molecule has 0 aliphatic heterocycles. The first-order chi connectivity index (χ1) is 10.5. The van der Waals surface area contributed by atoms with Gasteiger partial charge in [-0.05, 0) is 55.8 Å². The fourth-order valence-corrected chi connectivity index (χ4v) is 1.79. The lowest BCUT2D eigenvalue weighted by molar-refractivity contribution is -0.121. The number of phenols is 1. The largest absolute Gasteiger partial charge is 0.508 e. The summed E-state index contributed by atoms with van der Waals surface area (Å²) in [5.41, 5.74) is 5.32. The molecular weight excluding hydrogens is 278 g/mol. The first-order valence-corrected chi connectivity index (χ1v) is 7.00. The van der Waals surface area contributed by atoms with Crippen LogP contribution in [0.5, 0.6) is 5.75 Å². The number of hydrogen-bond acceptors (Lipinski definition) is 4. The molecule has 1 atom stereocenters. The van der Waals surface area contributed by atoms with E-state index in [0.717, 1.165) is 11.3 Å². The molecule has 0 saturated carbocycles. The van der Waals surface area contributed by atoms with E-state index in [1.54, 1.807) is 31.2 Å². The number of hydrazone groups is 1. The van der Waals surface area contributed by atoms with E-state index in [2.05, 4.69) is 15.8 Å². The Morgan fingerprint density at radius 3 is 2.41 bits per heavy atom. The molecule has 0 heterocycles. The van der Waals surface area contributed by atoms with Gasteiger partial charge in [-0.3, -0.25) is 4.79 Å². The van der Waals surface area contributed by atoms with Crippen molar-refractivity contribution in [3.05, 3.63) is 59.7 Å². The number of aryl methyl sites for hydroxylation is 1. The summed E-state index contributed by atoms with van der Waals surface area (Å²) in [6.45, 7) is 3.78. The number of aromatic hydroxyl groups is 1. The molecule has 0 aliphatic carbocycles. The Balaban J connectivity index is 1.85. The predicted molar refractivity (Wildman–Crippen MR) is 88.1 cm³/mol. The third-order valence-electron chi connectivity index (χ3n) is 3.11. The van der Waals surface area contributed by atoms with Crippen molar-refractivity contribution in [2.75, 3.05) is 5.32 Å². The molecule has 22 heavy (non-hydrogen) atoms. The molecule has 0 radical (unpaired) electrons. The number of amides is 1. The fourth-order valence-electron chi connectivity index (χ4n) is 1.79. The Morgan fingerprint density at radius 1 is 1.14 bits per heavy atom. The van der Waals surface area contributed by atoms with Crippen LogP contribution in [0.25, 0.3) is 0 Å². The van der Waals surface area contributed by atoms with Crippen molar-refractivity contribution in [3.63, 3.8) is 0 Å². The SMILES string of the molecule is Cc1ccc(N[C@@H](C)C(=O)NN=Cc2ccc(O)cc2)cc1. The molecule has 0 bridgehead atoms. The number of carbonyl (C=O) groups is 1. The number of phenolic OH excluding ortho intramolecular Hbond substituents is 1. The lowest BCUT2D eigenvalue weighted by atomic mass is 10.2. The van der Waals surface area contributed by atoms with Crippen LogP contribution in [-0.4, -0.2) is 23.3 Å². The maximum absolute atomic E-state index is 11.9. The van der Waals surface area contributed by atoms with Crippen LogP contribution in [0.2, 0.25) is 0 Å². The van der Waals surface area contributed by atoms with Crippen molar-refractivity contribution in [1.82, 2.24) is 5.43 Å². The highest BCUT2D eigenvalue weighted by molar-refractivity contribution is 5.86. The second kappa shape index (κ2) is 7.26. The topological polar surface area (TPSA) is 73.7 Å². The van der Waals surface area contributed by atoms with E-state index in [-0.39, 0.29) is 11.7 Å². The van der Waals surface area contributed by atoms with Crippen molar-refractivity contribution in [2.45, 2.75) is 19.9 Å². The predicted octanol–water partition coefficient (Wildman–Crippen LogP) is 2.65. The number of nitrogens with zero attached hydrogens (tertiary/aromatic N) is 1. The van der Waals surface area contributed by atoms with Crippen LogP contribution in [-0.2, 0) is 4.79 Å². The molecule has 114 valence electrons. The van der Waals surface area contributed by atoms with Crippen LogP contribution in [0.4, 0.5) is 5.69 Å². The summed E-state index contributed by atoms with van der Waals surface area (Å²) >= 11 is 0. The van der Waals surface area contributed by atoms with Gasteiger partial charge in [0.15, 0.2) is 0 Å². The Morgan fingerprint density at radius 2 is 1.77 bits per heavy atom. The Kier molecular flexibility index (Phi) is 5.14. The normalized spacial score (nSPS) is 12.1. The van der Waals surface area contributed by atoms with Crippen LogP contribution in [0.3, 0.4) is 0 Å². The quantitative estimate of drug-likeness (QED) is 0.587. The number of rotatable bonds is 5. The molecule has 0 saturated heterocycles. The van der Waals surface area contributed by atoms with E-state index in [9.17, 15) is 9.90 Å². The summed E-state index contributed by atoms with van der Waals surface area (Å²) in [5.74, 6) is -0.0345. The third kappa shape index (κ3) is 4.63. The van der Waals surface area contributed by atoms with Gasteiger partial charge in [0.05, 0.1) is 6.21 Å². The Labute approximate surface area is 129 Å². The average molecular weight is 297 g/mol. The lowest BCUT2D eigenvalue weighted by Crippen LogP contribution is -2.34. The summed E-state index contributed by atoms with van der Waals surface area (Å²) in [4.78, 5) is 11.9. The van der Waals surface area contributed by atoms with Crippen molar-refractivity contribution in [2.24, 2.45) is 5.10 Å². The number of anilines is 1. The zero-order valence-corrected chi connectivity index (χ0v) is 12.6. The summed E-state index contributed by atoms with van der Waals surface area (Å²) < 4.78 is 0. The van der Waals surface area contributed by atoms with Crippen molar-refractivity contribution in [1.29, 1.82) is 0 Å². The molecule has 0 unspecified atom stereocenters. The summed E-state index contributed by atoms with van der Waals surface area (Å²) in [6.07, 6.45) is 1.52. The molecule has 0 aliphatic rings. The van der Waals surface area contributed by atoms with E-state index in [4.69, 9.17) is 0 Å². The first kappa shape index (κ1) is 15.6. The molecule has 2 aromatic rings. The number of carbonyl (C=O) groups excluding carboxylic acids is 1. The first-order valence-electron chi connectivity index (χ1n) is 7.00. The molecule has 2 rings (SSSR count). The third-order valence-corrected chi connectivity index (χ3v) is 3.11. The summed E-state index contributed by atoms with van der Waals surface area (Å²) in [5, 5.41) is 16.2. The van der Waals surface area contributed by atoms with E-state index in [1.807, 2.05) is 31.2 Å². The molecule has 5 heteroatoms. The average Bonchev–Trinajstić information content (AvgIpc) is 2.51. The Bertz CT molecular complexity index is 649. The second-order valence-electron chi connectivity index (χ2n) is 5.06. The number of benzene rings is 2. The van der Waals surface area contributed by atoms with Gasteiger partial charge in [0.25, 0.3) is 5.91 Å². The lowest BCUT2D eigenvalue weighted by Gasteiger charge is -2.13. The molecule has 0 aromatic heterocycles. The van der Waals surface area contributed by atoms with E-state index in [0.29, 0.717) is 0 Å². The minimum Gasteiger partial charge on any atom is -0.508 e.